The molecule has 0 spiro atoms. The van der Waals surface area contributed by atoms with Gasteiger partial charge >= 0.3 is 0 Å². The maximum Gasteiger partial charge on any atom is 0.0947 e. The Labute approximate surface area is 79.4 Å². The number of piperidine rings is 1. The summed E-state index contributed by atoms with van der Waals surface area (Å²) in [5.74, 6) is 0. The van der Waals surface area contributed by atoms with E-state index in [1.807, 2.05) is 17.9 Å². The van der Waals surface area contributed by atoms with E-state index < -0.39 is 0 Å². The van der Waals surface area contributed by atoms with Gasteiger partial charge in [0.2, 0.25) is 0 Å². The lowest BCUT2D eigenvalue weighted by molar-refractivity contribution is 0.219. The van der Waals surface area contributed by atoms with Crippen LogP contribution in [-0.2, 0) is 13.6 Å². The monoisotopic (exact) mass is 179 g/mol. The lowest BCUT2D eigenvalue weighted by Gasteiger charge is -2.25. The topological polar surface area (TPSA) is 21.1 Å². The molecule has 13 heavy (non-hydrogen) atoms. The summed E-state index contributed by atoms with van der Waals surface area (Å²) in [5.41, 5.74) is 1.20. The maximum atomic E-state index is 4.33. The molecule has 3 heteroatoms. The Morgan fingerprint density at radius 1 is 1.31 bits per heavy atom. The van der Waals surface area contributed by atoms with Crippen molar-refractivity contribution < 1.29 is 0 Å². The van der Waals surface area contributed by atoms with E-state index in [0.29, 0.717) is 0 Å². The van der Waals surface area contributed by atoms with Gasteiger partial charge in [-0.15, -0.1) is 0 Å². The van der Waals surface area contributed by atoms with Crippen LogP contribution in [0.4, 0.5) is 0 Å². The largest absolute Gasteiger partial charge is 0.340 e. The van der Waals surface area contributed by atoms with Crippen molar-refractivity contribution in [2.24, 2.45) is 7.05 Å². The number of aryl methyl sites for hydroxylation is 1. The Morgan fingerprint density at radius 2 is 2.08 bits per heavy atom. The number of aromatic nitrogens is 2. The van der Waals surface area contributed by atoms with Gasteiger partial charge in [0.05, 0.1) is 12.0 Å². The minimum atomic E-state index is 1.03. The van der Waals surface area contributed by atoms with Crippen LogP contribution in [0.15, 0.2) is 12.5 Å². The summed E-state index contributed by atoms with van der Waals surface area (Å²) >= 11 is 0. The van der Waals surface area contributed by atoms with Crippen molar-refractivity contribution in [2.45, 2.75) is 25.8 Å². The molecule has 3 nitrogen and oxygen atoms in total. The second-order valence-corrected chi connectivity index (χ2v) is 3.87. The molecule has 1 saturated heterocycles. The Hall–Kier alpha value is -0.830. The van der Waals surface area contributed by atoms with E-state index in [-0.39, 0.29) is 0 Å². The van der Waals surface area contributed by atoms with E-state index in [4.69, 9.17) is 0 Å². The molecule has 1 aromatic rings. The van der Waals surface area contributed by atoms with Crippen LogP contribution in [0.2, 0.25) is 0 Å². The third kappa shape index (κ3) is 2.31. The molecule has 0 amide bonds. The number of imidazole rings is 1. The molecular weight excluding hydrogens is 162 g/mol. The van der Waals surface area contributed by atoms with Gasteiger partial charge in [0.1, 0.15) is 0 Å². The fourth-order valence-electron chi connectivity index (χ4n) is 1.90. The van der Waals surface area contributed by atoms with Gasteiger partial charge in [-0.05, 0) is 25.9 Å². The van der Waals surface area contributed by atoms with Crippen LogP contribution < -0.4 is 0 Å². The quantitative estimate of drug-likeness (QED) is 0.684. The summed E-state index contributed by atoms with van der Waals surface area (Å²) < 4.78 is 2.01. The van der Waals surface area contributed by atoms with Crippen LogP contribution in [0.5, 0.6) is 0 Å². The molecule has 2 rings (SSSR count). The Balaban J connectivity index is 1.89. The Bertz CT molecular complexity index is 261. The first-order valence-corrected chi connectivity index (χ1v) is 5.04. The van der Waals surface area contributed by atoms with E-state index in [0.717, 1.165) is 6.54 Å². The lowest BCUT2D eigenvalue weighted by Crippen LogP contribution is -2.29. The molecule has 1 fully saturated rings. The van der Waals surface area contributed by atoms with Crippen molar-refractivity contribution in [3.8, 4) is 0 Å². The standard InChI is InChI=1S/C10H17N3/c1-12-7-10(11-9-12)8-13-5-3-2-4-6-13/h7,9H,2-6,8H2,1H3. The average molecular weight is 179 g/mol. The van der Waals surface area contributed by atoms with Crippen LogP contribution in [0, 0.1) is 0 Å². The minimum absolute atomic E-state index is 1.03. The van der Waals surface area contributed by atoms with E-state index in [2.05, 4.69) is 16.1 Å². The molecule has 0 unspecified atom stereocenters. The molecule has 0 saturated carbocycles. The highest BCUT2D eigenvalue weighted by atomic mass is 15.1. The van der Waals surface area contributed by atoms with Crippen molar-refractivity contribution >= 4 is 0 Å². The number of hydrogen-bond acceptors (Lipinski definition) is 2. The summed E-state index contributed by atoms with van der Waals surface area (Å²) in [7, 11) is 2.02. The van der Waals surface area contributed by atoms with Gasteiger partial charge in [0.15, 0.2) is 0 Å². The molecular formula is C10H17N3. The molecule has 0 N–H and O–H groups in total. The smallest absolute Gasteiger partial charge is 0.0947 e. The van der Waals surface area contributed by atoms with Crippen molar-refractivity contribution in [1.82, 2.24) is 14.5 Å². The molecule has 1 aliphatic heterocycles. The molecule has 72 valence electrons. The molecule has 0 aromatic carbocycles. The van der Waals surface area contributed by atoms with Gasteiger partial charge in [0, 0.05) is 19.8 Å². The van der Waals surface area contributed by atoms with Crippen molar-refractivity contribution in [3.63, 3.8) is 0 Å². The van der Waals surface area contributed by atoms with Gasteiger partial charge in [0.25, 0.3) is 0 Å². The zero-order chi connectivity index (χ0) is 9.10. The number of rotatable bonds is 2. The van der Waals surface area contributed by atoms with Gasteiger partial charge in [-0.2, -0.15) is 0 Å². The van der Waals surface area contributed by atoms with E-state index in [9.17, 15) is 0 Å². The summed E-state index contributed by atoms with van der Waals surface area (Å²) in [6.45, 7) is 3.52. The predicted octanol–water partition coefficient (Wildman–Crippen LogP) is 1.41. The third-order valence-electron chi connectivity index (χ3n) is 2.59. The highest BCUT2D eigenvalue weighted by Crippen LogP contribution is 2.11. The zero-order valence-corrected chi connectivity index (χ0v) is 8.24. The molecule has 1 aromatic heterocycles. The first-order chi connectivity index (χ1) is 6.34. The molecule has 0 bridgehead atoms. The van der Waals surface area contributed by atoms with Crippen molar-refractivity contribution in [1.29, 1.82) is 0 Å². The number of hydrogen-bond donors (Lipinski definition) is 0. The second kappa shape index (κ2) is 3.92. The van der Waals surface area contributed by atoms with Crippen LogP contribution >= 0.6 is 0 Å². The van der Waals surface area contributed by atoms with E-state index >= 15 is 0 Å². The summed E-state index contributed by atoms with van der Waals surface area (Å²) in [6.07, 6.45) is 8.09. The SMILES string of the molecule is Cn1cnc(CN2CCCCC2)c1. The van der Waals surface area contributed by atoms with E-state index in [1.54, 1.807) is 0 Å². The van der Waals surface area contributed by atoms with Crippen LogP contribution in [0.25, 0.3) is 0 Å². The zero-order valence-electron chi connectivity index (χ0n) is 8.24. The normalized spacial score (nSPS) is 19.2. The van der Waals surface area contributed by atoms with Gasteiger partial charge < -0.3 is 4.57 Å². The van der Waals surface area contributed by atoms with Gasteiger partial charge in [-0.1, -0.05) is 6.42 Å². The predicted molar refractivity (Wildman–Crippen MR) is 52.3 cm³/mol. The summed E-state index contributed by atoms with van der Waals surface area (Å²) in [6, 6.07) is 0. The number of likely N-dealkylation sites (tertiary alicyclic amines) is 1. The second-order valence-electron chi connectivity index (χ2n) is 3.87. The molecule has 0 radical (unpaired) electrons. The van der Waals surface area contributed by atoms with Crippen LogP contribution in [0.1, 0.15) is 25.0 Å². The van der Waals surface area contributed by atoms with E-state index in [1.165, 1.54) is 38.0 Å². The summed E-state index contributed by atoms with van der Waals surface area (Å²) in [4.78, 5) is 6.82. The van der Waals surface area contributed by atoms with Crippen LogP contribution in [-0.4, -0.2) is 27.5 Å². The molecule has 0 aliphatic carbocycles. The molecule has 1 aliphatic rings. The Kier molecular flexibility index (Phi) is 2.64. The average Bonchev–Trinajstić information content (AvgIpc) is 2.53. The molecule has 0 atom stereocenters. The fraction of sp³-hybridized carbons (Fsp3) is 0.700. The third-order valence-corrected chi connectivity index (χ3v) is 2.59. The minimum Gasteiger partial charge on any atom is -0.340 e. The first kappa shape index (κ1) is 8.75. The Morgan fingerprint density at radius 3 is 2.69 bits per heavy atom. The lowest BCUT2D eigenvalue weighted by atomic mass is 10.1. The first-order valence-electron chi connectivity index (χ1n) is 5.04. The van der Waals surface area contributed by atoms with Gasteiger partial charge in [-0.25, -0.2) is 4.98 Å². The highest BCUT2D eigenvalue weighted by molar-refractivity contribution is 4.96. The highest BCUT2D eigenvalue weighted by Gasteiger charge is 2.10. The molecule has 2 heterocycles. The number of nitrogens with zero attached hydrogens (tertiary/aromatic N) is 3. The fourth-order valence-corrected chi connectivity index (χ4v) is 1.90. The van der Waals surface area contributed by atoms with Crippen molar-refractivity contribution in [3.05, 3.63) is 18.2 Å². The van der Waals surface area contributed by atoms with Crippen LogP contribution in [0.3, 0.4) is 0 Å². The maximum absolute atomic E-state index is 4.33. The van der Waals surface area contributed by atoms with Gasteiger partial charge in [-0.3, -0.25) is 4.90 Å². The van der Waals surface area contributed by atoms with Crippen molar-refractivity contribution in [2.75, 3.05) is 13.1 Å². The summed E-state index contributed by atoms with van der Waals surface area (Å²) in [5, 5.41) is 0.